The molecular formula is C18H15N3O4. The van der Waals surface area contributed by atoms with E-state index in [1.54, 1.807) is 28.8 Å². The smallest absolute Gasteiger partial charge is 0.314 e. The lowest BCUT2D eigenvalue weighted by Crippen LogP contribution is -2.26. The van der Waals surface area contributed by atoms with Gasteiger partial charge in [-0.05, 0) is 43.2 Å². The van der Waals surface area contributed by atoms with Crippen molar-refractivity contribution in [2.45, 2.75) is 19.3 Å². The highest BCUT2D eigenvalue weighted by Gasteiger charge is 2.27. The summed E-state index contributed by atoms with van der Waals surface area (Å²) in [7, 11) is 0. The predicted octanol–water partition coefficient (Wildman–Crippen LogP) is 3.62. The van der Waals surface area contributed by atoms with Crippen molar-refractivity contribution in [3.63, 3.8) is 0 Å². The van der Waals surface area contributed by atoms with E-state index < -0.39 is 4.92 Å². The average Bonchev–Trinajstić information content (AvgIpc) is 2.96. The summed E-state index contributed by atoms with van der Waals surface area (Å²) < 4.78 is 6.99. The van der Waals surface area contributed by atoms with Crippen LogP contribution in [0.15, 0.2) is 48.8 Å². The number of hydrogen-bond acceptors (Lipinski definition) is 5. The maximum Gasteiger partial charge on any atom is 0.314 e. The van der Waals surface area contributed by atoms with Gasteiger partial charge in [-0.1, -0.05) is 6.42 Å². The fourth-order valence-electron chi connectivity index (χ4n) is 2.76. The first-order valence-corrected chi connectivity index (χ1v) is 8.05. The number of rotatable bonds is 4. The van der Waals surface area contributed by atoms with Crippen molar-refractivity contribution in [3.05, 3.63) is 58.9 Å². The van der Waals surface area contributed by atoms with Gasteiger partial charge in [0.15, 0.2) is 0 Å². The fourth-order valence-corrected chi connectivity index (χ4v) is 2.76. The molecule has 2 heterocycles. The van der Waals surface area contributed by atoms with Crippen molar-refractivity contribution < 1.29 is 14.5 Å². The topological polar surface area (TPSA) is 86.7 Å². The number of pyridine rings is 1. The van der Waals surface area contributed by atoms with Crippen LogP contribution in [0.2, 0.25) is 0 Å². The van der Waals surface area contributed by atoms with Gasteiger partial charge in [0.1, 0.15) is 11.4 Å². The Kier molecular flexibility index (Phi) is 3.68. The molecule has 2 aromatic heterocycles. The van der Waals surface area contributed by atoms with Crippen molar-refractivity contribution in [1.29, 1.82) is 0 Å². The summed E-state index contributed by atoms with van der Waals surface area (Å²) in [6.45, 7) is 0. The number of hydrogen-bond donors (Lipinski definition) is 0. The third-order valence-electron chi connectivity index (χ3n) is 4.45. The summed E-state index contributed by atoms with van der Waals surface area (Å²) in [6.07, 6.45) is 6.07. The van der Waals surface area contributed by atoms with Crippen LogP contribution in [0.1, 0.15) is 19.3 Å². The van der Waals surface area contributed by atoms with E-state index in [2.05, 4.69) is 4.98 Å². The minimum atomic E-state index is -0.440. The molecule has 1 aromatic carbocycles. The van der Waals surface area contributed by atoms with Gasteiger partial charge in [0.05, 0.1) is 22.7 Å². The van der Waals surface area contributed by atoms with Gasteiger partial charge >= 0.3 is 5.97 Å². The lowest BCUT2D eigenvalue weighted by atomic mass is 9.86. The maximum atomic E-state index is 11.9. The van der Waals surface area contributed by atoms with E-state index in [-0.39, 0.29) is 17.6 Å². The predicted molar refractivity (Wildman–Crippen MR) is 90.3 cm³/mol. The van der Waals surface area contributed by atoms with Gasteiger partial charge in [0, 0.05) is 17.8 Å². The molecule has 0 aliphatic heterocycles. The summed E-state index contributed by atoms with van der Waals surface area (Å²) in [5.41, 5.74) is 2.17. The Balaban J connectivity index is 1.56. The quantitative estimate of drug-likeness (QED) is 0.314. The van der Waals surface area contributed by atoms with Gasteiger partial charge < -0.3 is 4.74 Å². The molecule has 3 aromatic rings. The summed E-state index contributed by atoms with van der Waals surface area (Å²) in [5.74, 6) is 0.382. The third kappa shape index (κ3) is 2.96. The van der Waals surface area contributed by atoms with E-state index in [1.807, 2.05) is 12.1 Å². The van der Waals surface area contributed by atoms with E-state index in [4.69, 9.17) is 4.74 Å². The monoisotopic (exact) mass is 337 g/mol. The molecule has 0 N–H and O–H groups in total. The first kappa shape index (κ1) is 15.3. The first-order chi connectivity index (χ1) is 12.1. The second-order valence-corrected chi connectivity index (χ2v) is 6.11. The number of esters is 1. The van der Waals surface area contributed by atoms with Crippen LogP contribution in [0.3, 0.4) is 0 Å². The molecule has 0 amide bonds. The van der Waals surface area contributed by atoms with E-state index in [0.717, 1.165) is 24.8 Å². The van der Waals surface area contributed by atoms with Crippen molar-refractivity contribution in [1.82, 2.24) is 9.38 Å². The number of carbonyl (C=O) groups excluding carboxylic acids is 1. The van der Waals surface area contributed by atoms with Gasteiger partial charge in [-0.15, -0.1) is 0 Å². The van der Waals surface area contributed by atoms with Crippen LogP contribution in [0.4, 0.5) is 5.69 Å². The van der Waals surface area contributed by atoms with Gasteiger partial charge in [-0.25, -0.2) is 4.98 Å². The molecule has 4 rings (SSSR count). The highest BCUT2D eigenvalue weighted by atomic mass is 16.6. The highest BCUT2D eigenvalue weighted by Crippen LogP contribution is 2.29. The van der Waals surface area contributed by atoms with Crippen LogP contribution in [0.25, 0.3) is 16.9 Å². The van der Waals surface area contributed by atoms with E-state index >= 15 is 0 Å². The van der Waals surface area contributed by atoms with E-state index in [9.17, 15) is 14.9 Å². The second-order valence-electron chi connectivity index (χ2n) is 6.11. The van der Waals surface area contributed by atoms with Crippen LogP contribution >= 0.6 is 0 Å². The standard InChI is InChI=1S/C18H15N3O4/c22-18(13-2-1-3-13)25-15-7-4-12(5-8-15)16-11-20-10-14(21(23)24)6-9-17(20)19-16/h4-11,13H,1-3H2. The van der Waals surface area contributed by atoms with Crippen molar-refractivity contribution in [2.75, 3.05) is 0 Å². The van der Waals surface area contributed by atoms with Gasteiger partial charge in [-0.2, -0.15) is 0 Å². The van der Waals surface area contributed by atoms with Gasteiger partial charge in [-0.3, -0.25) is 19.3 Å². The number of aromatic nitrogens is 2. The molecule has 0 atom stereocenters. The Morgan fingerprint density at radius 3 is 2.56 bits per heavy atom. The number of ether oxygens (including phenoxy) is 1. The molecule has 25 heavy (non-hydrogen) atoms. The highest BCUT2D eigenvalue weighted by molar-refractivity contribution is 5.76. The van der Waals surface area contributed by atoms with Gasteiger partial charge in [0.25, 0.3) is 5.69 Å². The van der Waals surface area contributed by atoms with Crippen molar-refractivity contribution in [2.24, 2.45) is 5.92 Å². The van der Waals surface area contributed by atoms with Crippen LogP contribution in [-0.2, 0) is 4.79 Å². The fraction of sp³-hybridized carbons (Fsp3) is 0.222. The molecule has 1 saturated carbocycles. The largest absolute Gasteiger partial charge is 0.426 e. The zero-order chi connectivity index (χ0) is 17.4. The lowest BCUT2D eigenvalue weighted by Gasteiger charge is -2.22. The Hall–Kier alpha value is -3.22. The molecule has 126 valence electrons. The molecule has 0 saturated heterocycles. The summed E-state index contributed by atoms with van der Waals surface area (Å²) in [4.78, 5) is 26.7. The molecule has 0 spiro atoms. The molecule has 1 fully saturated rings. The normalized spacial score (nSPS) is 14.2. The van der Waals surface area contributed by atoms with Crippen LogP contribution in [0.5, 0.6) is 5.75 Å². The summed E-state index contributed by atoms with van der Waals surface area (Å²) >= 11 is 0. The Bertz CT molecular complexity index is 958. The van der Waals surface area contributed by atoms with Crippen LogP contribution in [-0.4, -0.2) is 20.3 Å². The minimum absolute atomic E-state index is 0.00899. The number of benzene rings is 1. The summed E-state index contributed by atoms with van der Waals surface area (Å²) in [6, 6.07) is 10.1. The summed E-state index contributed by atoms with van der Waals surface area (Å²) in [5, 5.41) is 10.9. The van der Waals surface area contributed by atoms with Crippen molar-refractivity contribution >= 4 is 17.3 Å². The Morgan fingerprint density at radius 1 is 1.16 bits per heavy atom. The first-order valence-electron chi connectivity index (χ1n) is 8.05. The SMILES string of the molecule is O=C(Oc1ccc(-c2cn3cc([N+](=O)[O-])ccc3n2)cc1)C1CCC1. The molecule has 7 heteroatoms. The molecule has 1 aliphatic carbocycles. The maximum absolute atomic E-state index is 11.9. The number of nitro groups is 1. The van der Waals surface area contributed by atoms with Gasteiger partial charge in [0.2, 0.25) is 0 Å². The Morgan fingerprint density at radius 2 is 1.92 bits per heavy atom. The molecular weight excluding hydrogens is 322 g/mol. The van der Waals surface area contributed by atoms with Crippen molar-refractivity contribution in [3.8, 4) is 17.0 Å². The van der Waals surface area contributed by atoms with Crippen LogP contribution in [0, 0.1) is 16.0 Å². The zero-order valence-corrected chi connectivity index (χ0v) is 13.3. The van der Waals surface area contributed by atoms with Crippen LogP contribution < -0.4 is 4.74 Å². The van der Waals surface area contributed by atoms with E-state index in [1.165, 1.54) is 12.3 Å². The lowest BCUT2D eigenvalue weighted by molar-refractivity contribution is -0.385. The molecule has 7 nitrogen and oxygen atoms in total. The third-order valence-corrected chi connectivity index (χ3v) is 4.45. The number of carbonyl (C=O) groups is 1. The molecule has 1 aliphatic rings. The average molecular weight is 337 g/mol. The second kappa shape index (κ2) is 6.01. The molecule has 0 bridgehead atoms. The zero-order valence-electron chi connectivity index (χ0n) is 13.3. The number of nitrogens with zero attached hydrogens (tertiary/aromatic N) is 3. The minimum Gasteiger partial charge on any atom is -0.426 e. The molecule has 0 unspecified atom stereocenters. The van der Waals surface area contributed by atoms with E-state index in [0.29, 0.717) is 17.1 Å². The molecule has 0 radical (unpaired) electrons. The number of imidazole rings is 1. The Labute approximate surface area is 143 Å². The number of fused-ring (bicyclic) bond motifs is 1.